The average molecular weight is 307 g/mol. The summed E-state index contributed by atoms with van der Waals surface area (Å²) in [5.41, 5.74) is 1.09. The summed E-state index contributed by atoms with van der Waals surface area (Å²) in [7, 11) is 5.46. The van der Waals surface area contributed by atoms with E-state index in [2.05, 4.69) is 13.8 Å². The molecule has 0 amide bonds. The van der Waals surface area contributed by atoms with Gasteiger partial charge >= 0.3 is 5.97 Å². The Bertz CT molecular complexity index is 456. The van der Waals surface area contributed by atoms with Crippen LogP contribution in [0, 0.1) is 5.92 Å². The molecule has 4 nitrogen and oxygen atoms in total. The number of likely N-dealkylation sites (N-methyl/N-ethyl adjacent to an activating group) is 1. The molecule has 0 aliphatic heterocycles. The second-order valence-electron chi connectivity index (χ2n) is 6.06. The summed E-state index contributed by atoms with van der Waals surface area (Å²) >= 11 is 0. The average Bonchev–Trinajstić information content (AvgIpc) is 2.51. The summed E-state index contributed by atoms with van der Waals surface area (Å²) in [6.45, 7) is 6.17. The van der Waals surface area contributed by atoms with Gasteiger partial charge in [0.25, 0.3) is 0 Å². The highest BCUT2D eigenvalue weighted by atomic mass is 16.5. The fourth-order valence-electron chi connectivity index (χ4n) is 2.17. The summed E-state index contributed by atoms with van der Waals surface area (Å²) in [4.78, 5) is 14.4. The molecule has 0 saturated heterocycles. The highest BCUT2D eigenvalue weighted by Gasteiger charge is 2.25. The number of hydrogen-bond acceptors (Lipinski definition) is 4. The van der Waals surface area contributed by atoms with Gasteiger partial charge in [0.1, 0.15) is 17.9 Å². The number of esters is 1. The van der Waals surface area contributed by atoms with E-state index in [1.165, 1.54) is 0 Å². The van der Waals surface area contributed by atoms with E-state index < -0.39 is 0 Å². The summed E-state index contributed by atoms with van der Waals surface area (Å²) in [6.07, 6.45) is 1.57. The van der Waals surface area contributed by atoms with Crippen LogP contribution in [0.3, 0.4) is 0 Å². The summed E-state index contributed by atoms with van der Waals surface area (Å²) < 4.78 is 10.8. The minimum atomic E-state index is -0.278. The van der Waals surface area contributed by atoms with Crippen LogP contribution in [-0.4, -0.2) is 44.2 Å². The minimum absolute atomic E-state index is 0.0594. The van der Waals surface area contributed by atoms with Crippen LogP contribution in [0.4, 0.5) is 0 Å². The van der Waals surface area contributed by atoms with Gasteiger partial charge in [-0.15, -0.1) is 0 Å². The lowest BCUT2D eigenvalue weighted by Gasteiger charge is -2.26. The molecule has 1 rings (SSSR count). The van der Waals surface area contributed by atoms with Crippen LogP contribution in [0.1, 0.15) is 32.8 Å². The first-order chi connectivity index (χ1) is 10.4. The Morgan fingerprint density at radius 2 is 1.77 bits per heavy atom. The van der Waals surface area contributed by atoms with Crippen molar-refractivity contribution in [2.45, 2.75) is 45.8 Å². The van der Waals surface area contributed by atoms with Gasteiger partial charge in [0.2, 0.25) is 0 Å². The van der Waals surface area contributed by atoms with E-state index in [4.69, 9.17) is 9.47 Å². The number of carbonyl (C=O) groups is 1. The molecule has 0 aliphatic carbocycles. The molecule has 0 N–H and O–H groups in total. The van der Waals surface area contributed by atoms with Gasteiger partial charge in [-0.1, -0.05) is 32.4 Å². The van der Waals surface area contributed by atoms with E-state index in [0.29, 0.717) is 12.3 Å². The predicted molar refractivity (Wildman–Crippen MR) is 89.2 cm³/mol. The lowest BCUT2D eigenvalue weighted by atomic mass is 10.0. The third-order valence-electron chi connectivity index (χ3n) is 4.23. The van der Waals surface area contributed by atoms with Crippen LogP contribution in [0.5, 0.6) is 5.75 Å². The fraction of sp³-hybridized carbons (Fsp3) is 0.611. The van der Waals surface area contributed by atoms with Crippen molar-refractivity contribution in [1.29, 1.82) is 0 Å². The highest BCUT2D eigenvalue weighted by molar-refractivity contribution is 5.76. The van der Waals surface area contributed by atoms with E-state index in [0.717, 1.165) is 17.7 Å². The molecule has 1 aromatic carbocycles. The van der Waals surface area contributed by atoms with Gasteiger partial charge in [-0.3, -0.25) is 9.69 Å². The summed E-state index contributed by atoms with van der Waals surface area (Å²) in [6, 6.07) is 7.52. The van der Waals surface area contributed by atoms with Gasteiger partial charge in [0.05, 0.1) is 7.11 Å². The molecule has 0 heterocycles. The van der Waals surface area contributed by atoms with E-state index in [-0.39, 0.29) is 18.1 Å². The maximum absolute atomic E-state index is 12.5. The molecule has 0 aliphatic rings. The van der Waals surface area contributed by atoms with Crippen molar-refractivity contribution >= 4 is 5.97 Å². The van der Waals surface area contributed by atoms with Gasteiger partial charge < -0.3 is 9.47 Å². The molecule has 0 radical (unpaired) electrons. The predicted octanol–water partition coefficient (Wildman–Crippen LogP) is 3.15. The molecule has 4 heteroatoms. The largest absolute Gasteiger partial charge is 0.497 e. The van der Waals surface area contributed by atoms with Gasteiger partial charge in [-0.25, -0.2) is 0 Å². The molecule has 3 unspecified atom stereocenters. The molecule has 0 saturated carbocycles. The standard InChI is InChI=1S/C18H29NO3/c1-7-13(2)14(3)22-18(20)17(19(4)5)12-15-8-10-16(21-6)11-9-15/h8-11,13-14,17H,7,12H2,1-6H3. The van der Waals surface area contributed by atoms with Crippen LogP contribution in [0.2, 0.25) is 0 Å². The fourth-order valence-corrected chi connectivity index (χ4v) is 2.17. The molecule has 0 bridgehead atoms. The number of carbonyl (C=O) groups excluding carboxylic acids is 1. The van der Waals surface area contributed by atoms with Crippen molar-refractivity contribution in [3.8, 4) is 5.75 Å². The van der Waals surface area contributed by atoms with Crippen LogP contribution in [-0.2, 0) is 16.0 Å². The zero-order chi connectivity index (χ0) is 16.7. The number of ether oxygens (including phenoxy) is 2. The number of hydrogen-bond donors (Lipinski definition) is 0. The Kier molecular flexibility index (Phi) is 7.39. The van der Waals surface area contributed by atoms with E-state index in [1.54, 1.807) is 7.11 Å². The lowest BCUT2D eigenvalue weighted by Crippen LogP contribution is -2.41. The summed E-state index contributed by atoms with van der Waals surface area (Å²) in [5.74, 6) is 1.03. The third-order valence-corrected chi connectivity index (χ3v) is 4.23. The lowest BCUT2D eigenvalue weighted by molar-refractivity contribution is -0.156. The van der Waals surface area contributed by atoms with Gasteiger partial charge in [-0.2, -0.15) is 0 Å². The minimum Gasteiger partial charge on any atom is -0.497 e. The van der Waals surface area contributed by atoms with E-state index in [9.17, 15) is 4.79 Å². The first-order valence-corrected chi connectivity index (χ1v) is 7.88. The zero-order valence-electron chi connectivity index (χ0n) is 14.6. The molecule has 0 spiro atoms. The third kappa shape index (κ3) is 5.34. The van der Waals surface area contributed by atoms with Crippen LogP contribution < -0.4 is 4.74 Å². The second-order valence-corrected chi connectivity index (χ2v) is 6.06. The van der Waals surface area contributed by atoms with Crippen LogP contribution in [0.25, 0.3) is 0 Å². The molecule has 3 atom stereocenters. The Morgan fingerprint density at radius 1 is 1.18 bits per heavy atom. The Morgan fingerprint density at radius 3 is 2.23 bits per heavy atom. The Hall–Kier alpha value is -1.55. The Labute approximate surface area is 134 Å². The first-order valence-electron chi connectivity index (χ1n) is 7.88. The zero-order valence-corrected chi connectivity index (χ0v) is 14.6. The molecule has 1 aromatic rings. The molecule has 124 valence electrons. The van der Waals surface area contributed by atoms with E-state index >= 15 is 0 Å². The van der Waals surface area contributed by atoms with Crippen molar-refractivity contribution < 1.29 is 14.3 Å². The number of rotatable bonds is 8. The SMILES string of the molecule is CCC(C)C(C)OC(=O)C(Cc1ccc(OC)cc1)N(C)C. The summed E-state index contributed by atoms with van der Waals surface area (Å²) in [5, 5.41) is 0. The normalized spacial score (nSPS) is 15.2. The quantitative estimate of drug-likeness (QED) is 0.692. The highest BCUT2D eigenvalue weighted by Crippen LogP contribution is 2.17. The molecule has 22 heavy (non-hydrogen) atoms. The monoisotopic (exact) mass is 307 g/mol. The van der Waals surface area contributed by atoms with Gasteiger partial charge in [0.15, 0.2) is 0 Å². The van der Waals surface area contributed by atoms with Crippen molar-refractivity contribution in [1.82, 2.24) is 4.90 Å². The van der Waals surface area contributed by atoms with E-state index in [1.807, 2.05) is 50.2 Å². The van der Waals surface area contributed by atoms with Crippen molar-refractivity contribution in [2.75, 3.05) is 21.2 Å². The van der Waals surface area contributed by atoms with Gasteiger partial charge in [0, 0.05) is 0 Å². The van der Waals surface area contributed by atoms with Crippen molar-refractivity contribution in [3.05, 3.63) is 29.8 Å². The van der Waals surface area contributed by atoms with Crippen molar-refractivity contribution in [2.24, 2.45) is 5.92 Å². The molecular formula is C18H29NO3. The molecule has 0 aromatic heterocycles. The van der Waals surface area contributed by atoms with Crippen LogP contribution >= 0.6 is 0 Å². The second kappa shape index (κ2) is 8.79. The smallest absolute Gasteiger partial charge is 0.323 e. The molecule has 0 fully saturated rings. The van der Waals surface area contributed by atoms with Gasteiger partial charge in [-0.05, 0) is 51.1 Å². The maximum atomic E-state index is 12.5. The number of methoxy groups -OCH3 is 1. The Balaban J connectivity index is 2.73. The maximum Gasteiger partial charge on any atom is 0.323 e. The number of benzene rings is 1. The topological polar surface area (TPSA) is 38.8 Å². The molecular weight excluding hydrogens is 278 g/mol. The number of nitrogens with zero attached hydrogens (tertiary/aromatic N) is 1. The first kappa shape index (κ1) is 18.5. The van der Waals surface area contributed by atoms with Crippen LogP contribution in [0.15, 0.2) is 24.3 Å². The van der Waals surface area contributed by atoms with Crippen molar-refractivity contribution in [3.63, 3.8) is 0 Å².